The summed E-state index contributed by atoms with van der Waals surface area (Å²) in [5.74, 6) is 0.862. The molecule has 0 bridgehead atoms. The van der Waals surface area contributed by atoms with Gasteiger partial charge in [-0.2, -0.15) is 0 Å². The van der Waals surface area contributed by atoms with E-state index in [1.165, 1.54) is 6.07 Å². The summed E-state index contributed by atoms with van der Waals surface area (Å²) in [7, 11) is 1.75. The van der Waals surface area contributed by atoms with Crippen LogP contribution in [-0.2, 0) is 4.74 Å². The number of nitrogens with zero attached hydrogens (tertiary/aromatic N) is 3. The molecule has 0 spiro atoms. The molecule has 2 aliphatic rings. The first kappa shape index (κ1) is 20.7. The molecule has 1 saturated heterocycles. The van der Waals surface area contributed by atoms with E-state index >= 15 is 0 Å². The molecule has 1 saturated carbocycles. The van der Waals surface area contributed by atoms with E-state index in [4.69, 9.17) is 4.74 Å². The highest BCUT2D eigenvalue weighted by atomic mass is 127. The van der Waals surface area contributed by atoms with Gasteiger partial charge in [-0.15, -0.1) is 24.0 Å². The zero-order valence-electron chi connectivity index (χ0n) is 15.2. The maximum Gasteiger partial charge on any atom is 0.409 e. The number of hydrogen-bond acceptors (Lipinski definition) is 3. The van der Waals surface area contributed by atoms with Gasteiger partial charge >= 0.3 is 6.09 Å². The first-order chi connectivity index (χ1) is 12.1. The van der Waals surface area contributed by atoms with Crippen LogP contribution in [0, 0.1) is 5.82 Å². The van der Waals surface area contributed by atoms with E-state index in [1.54, 1.807) is 18.0 Å². The monoisotopic (exact) mass is 476 g/mol. The quantitative estimate of drug-likeness (QED) is 0.414. The summed E-state index contributed by atoms with van der Waals surface area (Å²) in [4.78, 5) is 20.0. The molecule has 3 rings (SSSR count). The highest BCUT2D eigenvalue weighted by Crippen LogP contribution is 2.41. The summed E-state index contributed by atoms with van der Waals surface area (Å²) in [5.41, 5.74) is 0.766. The molecule has 1 aromatic carbocycles. The molecular weight excluding hydrogens is 450 g/mol. The molecule has 6 nitrogen and oxygen atoms in total. The standard InChI is InChI=1S/C18H25FN4O2.HI/c1-3-25-18(24)23-10-8-22(9-11-23)17(20-2)21-16-12-14(16)13-6-4-5-7-15(13)19;/h4-7,14,16H,3,8-12H2,1-2H3,(H,20,21);1H. The SMILES string of the molecule is CCOC(=O)N1CCN(C(=NC)NC2CC2c2ccccc2F)CC1.I. The second kappa shape index (κ2) is 9.38. The van der Waals surface area contributed by atoms with Crippen molar-refractivity contribution in [1.29, 1.82) is 0 Å². The van der Waals surface area contributed by atoms with Gasteiger partial charge in [0.1, 0.15) is 5.82 Å². The number of benzene rings is 1. The minimum atomic E-state index is -0.257. The third kappa shape index (κ3) is 4.77. The van der Waals surface area contributed by atoms with E-state index in [1.807, 2.05) is 19.1 Å². The summed E-state index contributed by atoms with van der Waals surface area (Å²) < 4.78 is 18.9. The lowest BCUT2D eigenvalue weighted by Crippen LogP contribution is -2.54. The zero-order chi connectivity index (χ0) is 17.8. The van der Waals surface area contributed by atoms with Crippen molar-refractivity contribution >= 4 is 36.0 Å². The average molecular weight is 476 g/mol. The molecule has 8 heteroatoms. The molecule has 2 atom stereocenters. The number of aliphatic imine (C=N–C) groups is 1. The van der Waals surface area contributed by atoms with Crippen molar-refractivity contribution in [3.8, 4) is 0 Å². The number of rotatable bonds is 3. The molecule has 2 fully saturated rings. The zero-order valence-corrected chi connectivity index (χ0v) is 17.5. The predicted molar refractivity (Wildman–Crippen MR) is 110 cm³/mol. The van der Waals surface area contributed by atoms with Crippen LogP contribution in [-0.4, -0.2) is 67.7 Å². The molecule has 0 aromatic heterocycles. The predicted octanol–water partition coefficient (Wildman–Crippen LogP) is 2.65. The molecule has 1 N–H and O–H groups in total. The maximum atomic E-state index is 13.9. The molecule has 1 aliphatic heterocycles. The highest BCUT2D eigenvalue weighted by molar-refractivity contribution is 14.0. The van der Waals surface area contributed by atoms with Crippen molar-refractivity contribution in [3.63, 3.8) is 0 Å². The number of hydrogen-bond donors (Lipinski definition) is 1. The highest BCUT2D eigenvalue weighted by Gasteiger charge is 2.41. The Morgan fingerprint density at radius 1 is 1.27 bits per heavy atom. The normalized spacial score (nSPS) is 22.5. The first-order valence-corrected chi connectivity index (χ1v) is 8.78. The number of carbonyl (C=O) groups is 1. The lowest BCUT2D eigenvalue weighted by molar-refractivity contribution is 0.0914. The van der Waals surface area contributed by atoms with Crippen molar-refractivity contribution in [2.45, 2.75) is 25.3 Å². The summed E-state index contributed by atoms with van der Waals surface area (Å²) >= 11 is 0. The smallest absolute Gasteiger partial charge is 0.409 e. The molecule has 1 aliphatic carbocycles. The van der Waals surface area contributed by atoms with Crippen LogP contribution < -0.4 is 5.32 Å². The van der Waals surface area contributed by atoms with Gasteiger partial charge in [-0.05, 0) is 25.0 Å². The van der Waals surface area contributed by atoms with Gasteiger partial charge in [0.25, 0.3) is 0 Å². The summed E-state index contributed by atoms with van der Waals surface area (Å²) in [6.45, 7) is 4.83. The van der Waals surface area contributed by atoms with Crippen molar-refractivity contribution in [1.82, 2.24) is 15.1 Å². The Morgan fingerprint density at radius 2 is 1.92 bits per heavy atom. The molecule has 1 heterocycles. The Bertz CT molecular complexity index is 650. The fourth-order valence-corrected chi connectivity index (χ4v) is 3.25. The molecule has 1 amide bonds. The largest absolute Gasteiger partial charge is 0.450 e. The van der Waals surface area contributed by atoms with Gasteiger partial charge < -0.3 is 19.9 Å². The van der Waals surface area contributed by atoms with E-state index in [9.17, 15) is 9.18 Å². The topological polar surface area (TPSA) is 57.2 Å². The number of ether oxygens (including phenoxy) is 1. The molecule has 2 unspecified atom stereocenters. The third-order valence-electron chi connectivity index (χ3n) is 4.73. The van der Waals surface area contributed by atoms with Gasteiger partial charge in [0.15, 0.2) is 5.96 Å². The van der Waals surface area contributed by atoms with E-state index in [2.05, 4.69) is 15.2 Å². The number of carbonyl (C=O) groups excluding carboxylic acids is 1. The number of halogens is 2. The third-order valence-corrected chi connectivity index (χ3v) is 4.73. The Labute approximate surface area is 170 Å². The van der Waals surface area contributed by atoms with Crippen LogP contribution in [0.15, 0.2) is 29.3 Å². The molecule has 26 heavy (non-hydrogen) atoms. The van der Waals surface area contributed by atoms with E-state index < -0.39 is 0 Å². The summed E-state index contributed by atoms with van der Waals surface area (Å²) in [6.07, 6.45) is 0.648. The Morgan fingerprint density at radius 3 is 2.54 bits per heavy atom. The van der Waals surface area contributed by atoms with Crippen LogP contribution in [0.1, 0.15) is 24.8 Å². The van der Waals surface area contributed by atoms with Crippen molar-refractivity contribution in [2.75, 3.05) is 39.8 Å². The Hall–Kier alpha value is -1.58. The van der Waals surface area contributed by atoms with Gasteiger partial charge in [0.2, 0.25) is 0 Å². The van der Waals surface area contributed by atoms with Crippen LogP contribution in [0.3, 0.4) is 0 Å². The number of nitrogens with one attached hydrogen (secondary N) is 1. The van der Waals surface area contributed by atoms with Crippen molar-refractivity contribution < 1.29 is 13.9 Å². The molecule has 1 aromatic rings. The second-order valence-electron chi connectivity index (χ2n) is 6.33. The van der Waals surface area contributed by atoms with E-state index in [-0.39, 0.29) is 47.8 Å². The van der Waals surface area contributed by atoms with Gasteiger partial charge in [0, 0.05) is 45.2 Å². The molecule has 0 radical (unpaired) electrons. The number of piperazine rings is 1. The second-order valence-corrected chi connectivity index (χ2v) is 6.33. The number of guanidine groups is 1. The average Bonchev–Trinajstić information content (AvgIpc) is 3.39. The summed E-state index contributed by atoms with van der Waals surface area (Å²) in [6, 6.07) is 7.15. The van der Waals surface area contributed by atoms with Crippen LogP contribution in [0.5, 0.6) is 0 Å². The molecule has 144 valence electrons. The van der Waals surface area contributed by atoms with E-state index in [0.29, 0.717) is 32.8 Å². The van der Waals surface area contributed by atoms with Gasteiger partial charge in [-0.25, -0.2) is 9.18 Å². The Kier molecular flexibility index (Phi) is 7.48. The first-order valence-electron chi connectivity index (χ1n) is 8.78. The minimum Gasteiger partial charge on any atom is -0.450 e. The van der Waals surface area contributed by atoms with Crippen LogP contribution >= 0.6 is 24.0 Å². The lowest BCUT2D eigenvalue weighted by Gasteiger charge is -2.36. The molecular formula is C18H26FIN4O2. The van der Waals surface area contributed by atoms with Crippen molar-refractivity contribution in [2.24, 2.45) is 4.99 Å². The maximum absolute atomic E-state index is 13.9. The van der Waals surface area contributed by atoms with Gasteiger partial charge in [-0.3, -0.25) is 4.99 Å². The fraction of sp³-hybridized carbons (Fsp3) is 0.556. The van der Waals surface area contributed by atoms with E-state index in [0.717, 1.165) is 17.9 Å². The fourth-order valence-electron chi connectivity index (χ4n) is 3.25. The van der Waals surface area contributed by atoms with Gasteiger partial charge in [-0.1, -0.05) is 18.2 Å². The number of amides is 1. The van der Waals surface area contributed by atoms with Crippen LogP contribution in [0.25, 0.3) is 0 Å². The Balaban J connectivity index is 0.00000243. The summed E-state index contributed by atoms with van der Waals surface area (Å²) in [5, 5.41) is 3.43. The van der Waals surface area contributed by atoms with Crippen LogP contribution in [0.2, 0.25) is 0 Å². The minimum absolute atomic E-state index is 0. The van der Waals surface area contributed by atoms with Crippen LogP contribution in [0.4, 0.5) is 9.18 Å². The lowest BCUT2D eigenvalue weighted by atomic mass is 10.1. The van der Waals surface area contributed by atoms with Gasteiger partial charge in [0.05, 0.1) is 6.61 Å². The van der Waals surface area contributed by atoms with Crippen molar-refractivity contribution in [3.05, 3.63) is 35.6 Å².